The van der Waals surface area contributed by atoms with Crippen LogP contribution in [0.15, 0.2) is 23.0 Å². The quantitative estimate of drug-likeness (QED) is 0.869. The molecule has 2 heterocycles. The molecule has 5 nitrogen and oxygen atoms in total. The zero-order chi connectivity index (χ0) is 12.3. The van der Waals surface area contributed by atoms with Crippen LogP contribution in [-0.4, -0.2) is 14.7 Å². The minimum atomic E-state index is -2.57. The molecule has 2 aromatic heterocycles. The van der Waals surface area contributed by atoms with Crippen LogP contribution in [0.1, 0.15) is 23.8 Å². The Kier molecular flexibility index (Phi) is 3.48. The molecule has 0 radical (unpaired) electrons. The number of rotatable bonds is 5. The number of halogens is 2. The highest BCUT2D eigenvalue weighted by molar-refractivity contribution is 5.03. The van der Waals surface area contributed by atoms with Crippen molar-refractivity contribution in [2.45, 2.75) is 26.6 Å². The summed E-state index contributed by atoms with van der Waals surface area (Å²) in [7, 11) is 0. The van der Waals surface area contributed by atoms with Gasteiger partial charge in [-0.25, -0.2) is 4.98 Å². The molecule has 92 valence electrons. The van der Waals surface area contributed by atoms with Gasteiger partial charge >= 0.3 is 6.55 Å². The molecule has 0 aliphatic rings. The first kappa shape index (κ1) is 11.7. The molecule has 0 atom stereocenters. The summed E-state index contributed by atoms with van der Waals surface area (Å²) in [5, 5.41) is 6.75. The minimum Gasteiger partial charge on any atom is -0.361 e. The van der Waals surface area contributed by atoms with Crippen LogP contribution in [0.2, 0.25) is 0 Å². The Morgan fingerprint density at radius 1 is 1.47 bits per heavy atom. The van der Waals surface area contributed by atoms with Crippen LogP contribution in [0.3, 0.4) is 0 Å². The van der Waals surface area contributed by atoms with Crippen molar-refractivity contribution in [2.24, 2.45) is 0 Å². The molecule has 0 aromatic carbocycles. The summed E-state index contributed by atoms with van der Waals surface area (Å²) in [5.74, 6) is 1.01. The molecular weight excluding hydrogens is 230 g/mol. The standard InChI is InChI=1S/C10H12F2N4O/c1-7-4-8(15-17-7)5-13-6-9-14-2-3-16(9)10(11)12/h2-4,10,13H,5-6H2,1H3. The molecule has 1 N–H and O–H groups in total. The normalized spacial score (nSPS) is 11.3. The summed E-state index contributed by atoms with van der Waals surface area (Å²) in [5.41, 5.74) is 0.734. The van der Waals surface area contributed by atoms with Crippen molar-refractivity contribution in [1.29, 1.82) is 0 Å². The third kappa shape index (κ3) is 2.88. The largest absolute Gasteiger partial charge is 0.361 e. The van der Waals surface area contributed by atoms with E-state index in [1.165, 1.54) is 12.4 Å². The lowest BCUT2D eigenvalue weighted by atomic mass is 10.4. The van der Waals surface area contributed by atoms with Gasteiger partial charge in [-0.15, -0.1) is 0 Å². The second-order valence-electron chi connectivity index (χ2n) is 3.56. The van der Waals surface area contributed by atoms with Crippen molar-refractivity contribution in [3.8, 4) is 0 Å². The molecule has 17 heavy (non-hydrogen) atoms. The van der Waals surface area contributed by atoms with Gasteiger partial charge in [-0.3, -0.25) is 4.57 Å². The van der Waals surface area contributed by atoms with Gasteiger partial charge in [0.2, 0.25) is 0 Å². The van der Waals surface area contributed by atoms with Crippen molar-refractivity contribution in [3.05, 3.63) is 35.7 Å². The fraction of sp³-hybridized carbons (Fsp3) is 0.400. The second-order valence-corrected chi connectivity index (χ2v) is 3.56. The summed E-state index contributed by atoms with van der Waals surface area (Å²) in [6.07, 6.45) is 2.60. The van der Waals surface area contributed by atoms with E-state index in [9.17, 15) is 8.78 Å². The van der Waals surface area contributed by atoms with E-state index in [0.717, 1.165) is 16.0 Å². The Labute approximate surface area is 96.4 Å². The SMILES string of the molecule is Cc1cc(CNCc2nccn2C(F)F)no1. The molecule has 0 aliphatic carbocycles. The van der Waals surface area contributed by atoms with E-state index >= 15 is 0 Å². The van der Waals surface area contributed by atoms with Crippen molar-refractivity contribution in [3.63, 3.8) is 0 Å². The summed E-state index contributed by atoms with van der Waals surface area (Å²) >= 11 is 0. The van der Waals surface area contributed by atoms with Gasteiger partial charge in [0.05, 0.1) is 12.2 Å². The highest BCUT2D eigenvalue weighted by Crippen LogP contribution is 2.12. The molecule has 2 aromatic rings. The van der Waals surface area contributed by atoms with Crippen LogP contribution in [0, 0.1) is 6.92 Å². The smallest absolute Gasteiger partial charge is 0.319 e. The number of hydrogen-bond acceptors (Lipinski definition) is 4. The number of hydrogen-bond donors (Lipinski definition) is 1. The fourth-order valence-electron chi connectivity index (χ4n) is 1.46. The molecule has 7 heteroatoms. The first-order valence-electron chi connectivity index (χ1n) is 5.09. The van der Waals surface area contributed by atoms with Crippen LogP contribution < -0.4 is 5.32 Å². The predicted octanol–water partition coefficient (Wildman–Crippen LogP) is 1.86. The number of nitrogens with one attached hydrogen (secondary N) is 1. The number of aromatic nitrogens is 3. The Hall–Kier alpha value is -1.76. The highest BCUT2D eigenvalue weighted by atomic mass is 19.3. The zero-order valence-corrected chi connectivity index (χ0v) is 9.23. The van der Waals surface area contributed by atoms with Crippen LogP contribution in [0.25, 0.3) is 0 Å². The molecule has 0 bridgehead atoms. The van der Waals surface area contributed by atoms with E-state index in [1.807, 2.05) is 0 Å². The first-order chi connectivity index (χ1) is 8.16. The van der Waals surface area contributed by atoms with E-state index in [4.69, 9.17) is 4.52 Å². The molecule has 0 aliphatic heterocycles. The number of imidazole rings is 1. The van der Waals surface area contributed by atoms with Gasteiger partial charge in [0.25, 0.3) is 0 Å². The van der Waals surface area contributed by atoms with Crippen LogP contribution in [0.5, 0.6) is 0 Å². The maximum absolute atomic E-state index is 12.5. The Morgan fingerprint density at radius 3 is 2.94 bits per heavy atom. The van der Waals surface area contributed by atoms with E-state index < -0.39 is 6.55 Å². The molecular formula is C10H12F2N4O. The van der Waals surface area contributed by atoms with Crippen LogP contribution in [-0.2, 0) is 13.1 Å². The third-order valence-electron chi connectivity index (χ3n) is 2.23. The van der Waals surface area contributed by atoms with Gasteiger partial charge in [-0.05, 0) is 6.92 Å². The lowest BCUT2D eigenvalue weighted by Crippen LogP contribution is -2.17. The van der Waals surface area contributed by atoms with Crippen molar-refractivity contribution in [2.75, 3.05) is 0 Å². The summed E-state index contributed by atoms with van der Waals surface area (Å²) in [4.78, 5) is 3.85. The summed E-state index contributed by atoms with van der Waals surface area (Å²) in [6.45, 7) is -0.0694. The first-order valence-corrected chi connectivity index (χ1v) is 5.09. The van der Waals surface area contributed by atoms with Gasteiger partial charge in [0, 0.05) is 25.0 Å². The van der Waals surface area contributed by atoms with Gasteiger partial charge < -0.3 is 9.84 Å². The lowest BCUT2D eigenvalue weighted by Gasteiger charge is -2.06. The van der Waals surface area contributed by atoms with E-state index in [-0.39, 0.29) is 6.54 Å². The summed E-state index contributed by atoms with van der Waals surface area (Å²) < 4.78 is 30.7. The van der Waals surface area contributed by atoms with E-state index in [1.54, 1.807) is 13.0 Å². The van der Waals surface area contributed by atoms with E-state index in [2.05, 4.69) is 15.5 Å². The fourth-order valence-corrected chi connectivity index (χ4v) is 1.46. The maximum atomic E-state index is 12.5. The van der Waals surface area contributed by atoms with Gasteiger partial charge in [-0.2, -0.15) is 8.78 Å². The van der Waals surface area contributed by atoms with Crippen molar-refractivity contribution < 1.29 is 13.3 Å². The van der Waals surface area contributed by atoms with E-state index in [0.29, 0.717) is 12.4 Å². The molecule has 0 saturated carbocycles. The van der Waals surface area contributed by atoms with Crippen LogP contribution in [0.4, 0.5) is 8.78 Å². The Balaban J connectivity index is 1.88. The average Bonchev–Trinajstić information content (AvgIpc) is 2.87. The molecule has 0 saturated heterocycles. The Bertz CT molecular complexity index is 480. The third-order valence-corrected chi connectivity index (χ3v) is 2.23. The molecule has 2 rings (SSSR count). The minimum absolute atomic E-state index is 0.253. The monoisotopic (exact) mass is 242 g/mol. The van der Waals surface area contributed by atoms with Crippen LogP contribution >= 0.6 is 0 Å². The van der Waals surface area contributed by atoms with Gasteiger partial charge in [0.15, 0.2) is 0 Å². The molecule has 0 spiro atoms. The summed E-state index contributed by atoms with van der Waals surface area (Å²) in [6, 6.07) is 1.78. The van der Waals surface area contributed by atoms with Crippen molar-refractivity contribution >= 4 is 0 Å². The highest BCUT2D eigenvalue weighted by Gasteiger charge is 2.10. The Morgan fingerprint density at radius 2 is 2.29 bits per heavy atom. The second kappa shape index (κ2) is 5.05. The zero-order valence-electron chi connectivity index (χ0n) is 9.23. The number of aryl methyl sites for hydroxylation is 1. The number of nitrogens with zero attached hydrogens (tertiary/aromatic N) is 3. The maximum Gasteiger partial charge on any atom is 0.319 e. The molecule has 0 unspecified atom stereocenters. The molecule has 0 fully saturated rings. The average molecular weight is 242 g/mol. The number of alkyl halides is 2. The predicted molar refractivity (Wildman–Crippen MR) is 55.3 cm³/mol. The van der Waals surface area contributed by atoms with Crippen molar-refractivity contribution in [1.82, 2.24) is 20.0 Å². The lowest BCUT2D eigenvalue weighted by molar-refractivity contribution is 0.0666. The topological polar surface area (TPSA) is 55.9 Å². The molecule has 0 amide bonds. The van der Waals surface area contributed by atoms with Gasteiger partial charge in [-0.1, -0.05) is 5.16 Å². The van der Waals surface area contributed by atoms with Gasteiger partial charge in [0.1, 0.15) is 11.6 Å².